The third kappa shape index (κ3) is 3.31. The molecule has 0 unspecified atom stereocenters. The summed E-state index contributed by atoms with van der Waals surface area (Å²) in [5, 5.41) is 0. The number of aryl methyl sites for hydroxylation is 1. The van der Waals surface area contributed by atoms with Gasteiger partial charge in [0, 0.05) is 17.8 Å². The van der Waals surface area contributed by atoms with Crippen molar-refractivity contribution in [3.05, 3.63) is 29.3 Å². The molecule has 3 N–H and O–H groups in total. The normalized spacial score (nSPS) is 17.4. The second kappa shape index (κ2) is 5.44. The van der Waals surface area contributed by atoms with E-state index in [9.17, 15) is 8.42 Å². The van der Waals surface area contributed by atoms with Crippen LogP contribution in [0.4, 0.5) is 0 Å². The average molecular weight is 300 g/mol. The molecule has 1 fully saturated rings. The van der Waals surface area contributed by atoms with Crippen molar-refractivity contribution in [3.63, 3.8) is 0 Å². The Kier molecular flexibility index (Phi) is 4.25. The van der Waals surface area contributed by atoms with Crippen LogP contribution in [0.2, 0.25) is 0 Å². The van der Waals surface area contributed by atoms with Crippen molar-refractivity contribution in [1.82, 2.24) is 4.72 Å². The molecule has 0 heterocycles. The van der Waals surface area contributed by atoms with E-state index < -0.39 is 10.0 Å². The quantitative estimate of drug-likeness (QED) is 0.837. The maximum absolute atomic E-state index is 12.2. The van der Waals surface area contributed by atoms with Crippen molar-refractivity contribution in [1.29, 1.82) is 0 Å². The van der Waals surface area contributed by atoms with E-state index in [1.54, 1.807) is 30.0 Å². The molecule has 0 radical (unpaired) electrons. The highest BCUT2D eigenvalue weighted by molar-refractivity contribution is 8.00. The smallest absolute Gasteiger partial charge is 0.240 e. The number of benzene rings is 1. The van der Waals surface area contributed by atoms with Crippen LogP contribution in [0.15, 0.2) is 23.1 Å². The zero-order valence-corrected chi connectivity index (χ0v) is 12.9. The van der Waals surface area contributed by atoms with Gasteiger partial charge in [-0.25, -0.2) is 13.1 Å². The lowest BCUT2D eigenvalue weighted by Crippen LogP contribution is -2.31. The largest absolute Gasteiger partial charge is 0.326 e. The van der Waals surface area contributed by atoms with Gasteiger partial charge in [-0.2, -0.15) is 11.8 Å². The number of hydrogen-bond donors (Lipinski definition) is 2. The van der Waals surface area contributed by atoms with Crippen LogP contribution < -0.4 is 10.5 Å². The Bertz CT molecular complexity index is 566. The summed E-state index contributed by atoms with van der Waals surface area (Å²) in [6.07, 6.45) is 4.19. The first kappa shape index (κ1) is 14.8. The van der Waals surface area contributed by atoms with Gasteiger partial charge >= 0.3 is 0 Å². The molecular formula is C13H20N2O2S2. The monoisotopic (exact) mass is 300 g/mol. The van der Waals surface area contributed by atoms with E-state index in [-0.39, 0.29) is 4.75 Å². The van der Waals surface area contributed by atoms with Gasteiger partial charge in [-0.15, -0.1) is 0 Å². The predicted octanol–water partition coefficient (Wildman–Crippen LogP) is 1.63. The Balaban J connectivity index is 2.15. The van der Waals surface area contributed by atoms with E-state index in [0.29, 0.717) is 18.0 Å². The van der Waals surface area contributed by atoms with Crippen molar-refractivity contribution in [2.45, 2.75) is 36.0 Å². The summed E-state index contributed by atoms with van der Waals surface area (Å²) < 4.78 is 27.3. The van der Waals surface area contributed by atoms with Gasteiger partial charge in [0.15, 0.2) is 0 Å². The summed E-state index contributed by atoms with van der Waals surface area (Å²) in [6.45, 7) is 2.78. The summed E-state index contributed by atoms with van der Waals surface area (Å²) >= 11 is 1.74. The van der Waals surface area contributed by atoms with Crippen molar-refractivity contribution < 1.29 is 8.42 Å². The van der Waals surface area contributed by atoms with E-state index in [4.69, 9.17) is 5.73 Å². The van der Waals surface area contributed by atoms with Gasteiger partial charge in [0.25, 0.3) is 0 Å². The molecule has 1 aliphatic rings. The fourth-order valence-corrected chi connectivity index (χ4v) is 3.93. The molecule has 0 spiro atoms. The predicted molar refractivity (Wildman–Crippen MR) is 79.7 cm³/mol. The highest BCUT2D eigenvalue weighted by atomic mass is 32.2. The lowest BCUT2D eigenvalue weighted by atomic mass is 10.1. The number of nitrogens with one attached hydrogen (secondary N) is 1. The first-order chi connectivity index (χ1) is 8.92. The molecule has 4 nitrogen and oxygen atoms in total. The molecule has 0 aromatic heterocycles. The molecule has 19 heavy (non-hydrogen) atoms. The van der Waals surface area contributed by atoms with E-state index in [2.05, 4.69) is 4.72 Å². The third-order valence-corrected chi connectivity index (χ3v) is 6.49. The van der Waals surface area contributed by atoms with Crippen LogP contribution in [0.1, 0.15) is 24.0 Å². The molecule has 6 heteroatoms. The van der Waals surface area contributed by atoms with Crippen LogP contribution in [-0.4, -0.2) is 26.0 Å². The molecule has 0 bridgehead atoms. The molecule has 0 amide bonds. The summed E-state index contributed by atoms with van der Waals surface area (Å²) in [5.74, 6) is 0. The molecule has 2 rings (SSSR count). The van der Waals surface area contributed by atoms with E-state index in [0.717, 1.165) is 24.0 Å². The molecule has 1 aromatic rings. The molecule has 0 saturated heterocycles. The summed E-state index contributed by atoms with van der Waals surface area (Å²) in [7, 11) is -3.43. The SMILES string of the molecule is CSC1(CNS(=O)(=O)c2ccc(C)c(CN)c2)CC1. The first-order valence-corrected chi connectivity index (χ1v) is 8.98. The van der Waals surface area contributed by atoms with E-state index in [1.807, 2.05) is 13.2 Å². The molecule has 106 valence electrons. The number of nitrogens with two attached hydrogens (primary N) is 1. The lowest BCUT2D eigenvalue weighted by Gasteiger charge is -2.14. The van der Waals surface area contributed by atoms with E-state index >= 15 is 0 Å². The molecule has 0 atom stereocenters. The Morgan fingerprint density at radius 3 is 2.63 bits per heavy atom. The minimum absolute atomic E-state index is 0.120. The minimum atomic E-state index is -3.43. The zero-order chi connectivity index (χ0) is 14.1. The van der Waals surface area contributed by atoms with Gasteiger partial charge in [0.1, 0.15) is 0 Å². The fraction of sp³-hybridized carbons (Fsp3) is 0.538. The summed E-state index contributed by atoms with van der Waals surface area (Å²) in [4.78, 5) is 0.301. The Labute approximate surface area is 119 Å². The fourth-order valence-electron chi connectivity index (χ4n) is 1.94. The van der Waals surface area contributed by atoms with Crippen LogP contribution in [-0.2, 0) is 16.6 Å². The molecule has 1 aromatic carbocycles. The van der Waals surface area contributed by atoms with Crippen LogP contribution in [0.3, 0.4) is 0 Å². The van der Waals surface area contributed by atoms with Gasteiger partial charge in [-0.3, -0.25) is 0 Å². The number of hydrogen-bond acceptors (Lipinski definition) is 4. The Morgan fingerprint density at radius 2 is 2.11 bits per heavy atom. The maximum Gasteiger partial charge on any atom is 0.240 e. The van der Waals surface area contributed by atoms with Gasteiger partial charge in [0.2, 0.25) is 10.0 Å². The number of rotatable bonds is 6. The van der Waals surface area contributed by atoms with Crippen molar-refractivity contribution in [2.24, 2.45) is 5.73 Å². The highest BCUT2D eigenvalue weighted by Gasteiger charge is 2.42. The maximum atomic E-state index is 12.2. The number of sulfonamides is 1. The summed E-state index contributed by atoms with van der Waals surface area (Å²) in [6, 6.07) is 5.10. The van der Waals surface area contributed by atoms with Crippen LogP contribution in [0, 0.1) is 6.92 Å². The highest BCUT2D eigenvalue weighted by Crippen LogP contribution is 2.46. The second-order valence-corrected chi connectivity index (χ2v) is 8.05. The Morgan fingerprint density at radius 1 is 1.42 bits per heavy atom. The van der Waals surface area contributed by atoms with Crippen LogP contribution >= 0.6 is 11.8 Å². The summed E-state index contributed by atoms with van der Waals surface area (Å²) in [5.41, 5.74) is 7.51. The van der Waals surface area contributed by atoms with Crippen molar-refractivity contribution in [3.8, 4) is 0 Å². The molecule has 1 saturated carbocycles. The molecule has 1 aliphatic carbocycles. The third-order valence-electron chi connectivity index (χ3n) is 3.68. The van der Waals surface area contributed by atoms with Crippen molar-refractivity contribution in [2.75, 3.05) is 12.8 Å². The van der Waals surface area contributed by atoms with Gasteiger partial charge < -0.3 is 5.73 Å². The van der Waals surface area contributed by atoms with Gasteiger partial charge in [-0.1, -0.05) is 6.07 Å². The zero-order valence-electron chi connectivity index (χ0n) is 11.3. The van der Waals surface area contributed by atoms with Crippen LogP contribution in [0.5, 0.6) is 0 Å². The first-order valence-electron chi connectivity index (χ1n) is 6.27. The molecule has 0 aliphatic heterocycles. The van der Waals surface area contributed by atoms with Crippen LogP contribution in [0.25, 0.3) is 0 Å². The minimum Gasteiger partial charge on any atom is -0.326 e. The Hall–Kier alpha value is -0.560. The van der Waals surface area contributed by atoms with E-state index in [1.165, 1.54) is 0 Å². The van der Waals surface area contributed by atoms with Crippen molar-refractivity contribution >= 4 is 21.8 Å². The second-order valence-electron chi connectivity index (χ2n) is 5.00. The van der Waals surface area contributed by atoms with Gasteiger partial charge in [-0.05, 0) is 49.3 Å². The topological polar surface area (TPSA) is 72.2 Å². The van der Waals surface area contributed by atoms with Gasteiger partial charge in [0.05, 0.1) is 4.90 Å². The molecular weight excluding hydrogens is 280 g/mol. The average Bonchev–Trinajstić information content (AvgIpc) is 3.17. The standard InChI is InChI=1S/C13H20N2O2S2/c1-10-3-4-12(7-11(10)8-14)19(16,17)15-9-13(18-2)5-6-13/h3-4,7,15H,5-6,8-9,14H2,1-2H3. The lowest BCUT2D eigenvalue weighted by molar-refractivity contribution is 0.579. The number of thioether (sulfide) groups is 1.